The molecule has 0 amide bonds. The molecule has 1 aliphatic rings. The molecular weight excluding hydrogens is 429 g/mol. The Labute approximate surface area is 169 Å². The highest BCUT2D eigenvalue weighted by Crippen LogP contribution is 2.11. The van der Waals surface area contributed by atoms with E-state index < -0.39 is 0 Å². The van der Waals surface area contributed by atoms with E-state index in [1.165, 1.54) is 5.56 Å². The van der Waals surface area contributed by atoms with Crippen molar-refractivity contribution < 1.29 is 9.47 Å². The van der Waals surface area contributed by atoms with E-state index in [0.717, 1.165) is 71.1 Å². The van der Waals surface area contributed by atoms with Crippen molar-refractivity contribution in [3.63, 3.8) is 0 Å². The molecule has 2 N–H and O–H groups in total. The van der Waals surface area contributed by atoms with Crippen molar-refractivity contribution in [2.75, 3.05) is 39.5 Å². The molecule has 0 saturated carbocycles. The van der Waals surface area contributed by atoms with Gasteiger partial charge in [-0.3, -0.25) is 4.99 Å². The predicted octanol–water partition coefficient (Wildman–Crippen LogP) is 2.99. The lowest BCUT2D eigenvalue weighted by molar-refractivity contribution is 0.117. The third kappa shape index (κ3) is 10.0. The van der Waals surface area contributed by atoms with Crippen LogP contribution in [0, 0.1) is 0 Å². The lowest BCUT2D eigenvalue weighted by atomic mass is 10.2. The van der Waals surface area contributed by atoms with Crippen molar-refractivity contribution in [3.05, 3.63) is 35.9 Å². The fourth-order valence-electron chi connectivity index (χ4n) is 2.64. The van der Waals surface area contributed by atoms with E-state index in [2.05, 4.69) is 46.8 Å². The fourth-order valence-corrected chi connectivity index (χ4v) is 2.64. The third-order valence-electron chi connectivity index (χ3n) is 3.96. The molecule has 1 saturated heterocycles. The monoisotopic (exact) mass is 461 g/mol. The van der Waals surface area contributed by atoms with Gasteiger partial charge in [-0.05, 0) is 38.2 Å². The molecule has 0 radical (unpaired) electrons. The first kappa shape index (κ1) is 22.2. The van der Waals surface area contributed by atoms with Gasteiger partial charge in [-0.25, -0.2) is 0 Å². The predicted molar refractivity (Wildman–Crippen MR) is 114 cm³/mol. The summed E-state index contributed by atoms with van der Waals surface area (Å²) in [6, 6.07) is 10.4. The van der Waals surface area contributed by atoms with Gasteiger partial charge in [0.1, 0.15) is 0 Å². The lowest BCUT2D eigenvalue weighted by Gasteiger charge is -2.13. The molecule has 25 heavy (non-hydrogen) atoms. The van der Waals surface area contributed by atoms with Gasteiger partial charge in [-0.1, -0.05) is 30.3 Å². The summed E-state index contributed by atoms with van der Waals surface area (Å²) in [4.78, 5) is 4.60. The number of rotatable bonds is 10. The molecule has 6 heteroatoms. The second-order valence-electron chi connectivity index (χ2n) is 5.98. The largest absolute Gasteiger partial charge is 0.381 e. The van der Waals surface area contributed by atoms with Gasteiger partial charge in [0.05, 0.1) is 19.3 Å². The number of aliphatic imine (C=N–C) groups is 1. The summed E-state index contributed by atoms with van der Waals surface area (Å²) in [6.45, 7) is 6.97. The number of halogens is 1. The van der Waals surface area contributed by atoms with Crippen LogP contribution >= 0.6 is 24.0 Å². The molecule has 0 spiro atoms. The van der Waals surface area contributed by atoms with E-state index in [9.17, 15) is 0 Å². The number of nitrogens with zero attached hydrogens (tertiary/aromatic N) is 1. The van der Waals surface area contributed by atoms with Crippen molar-refractivity contribution in [2.45, 2.75) is 38.7 Å². The van der Waals surface area contributed by atoms with Crippen LogP contribution < -0.4 is 10.6 Å². The summed E-state index contributed by atoms with van der Waals surface area (Å²) in [6.07, 6.45) is 4.52. The van der Waals surface area contributed by atoms with Crippen LogP contribution in [0.5, 0.6) is 0 Å². The summed E-state index contributed by atoms with van der Waals surface area (Å²) in [5, 5.41) is 6.63. The summed E-state index contributed by atoms with van der Waals surface area (Å²) < 4.78 is 11.3. The zero-order valence-corrected chi connectivity index (χ0v) is 17.5. The van der Waals surface area contributed by atoms with Gasteiger partial charge in [-0.15, -0.1) is 24.0 Å². The fraction of sp³-hybridized carbons (Fsp3) is 0.632. The smallest absolute Gasteiger partial charge is 0.191 e. The second kappa shape index (κ2) is 14.3. The van der Waals surface area contributed by atoms with E-state index in [1.807, 2.05) is 6.07 Å². The first-order valence-electron chi connectivity index (χ1n) is 9.14. The number of ether oxygens (including phenoxy) is 2. The summed E-state index contributed by atoms with van der Waals surface area (Å²) in [5.41, 5.74) is 1.33. The minimum absolute atomic E-state index is 0. The van der Waals surface area contributed by atoms with E-state index >= 15 is 0 Å². The molecule has 2 rings (SSSR count). The van der Waals surface area contributed by atoms with Gasteiger partial charge in [0.25, 0.3) is 0 Å². The SMILES string of the molecule is CCNC(=NCC1CCCO1)NCCCOCCc1ccccc1.I. The molecule has 142 valence electrons. The van der Waals surface area contributed by atoms with Gasteiger partial charge in [-0.2, -0.15) is 0 Å². The summed E-state index contributed by atoms with van der Waals surface area (Å²) in [7, 11) is 0. The Morgan fingerprint density at radius 2 is 2.08 bits per heavy atom. The minimum Gasteiger partial charge on any atom is -0.381 e. The number of hydrogen-bond acceptors (Lipinski definition) is 3. The van der Waals surface area contributed by atoms with Crippen LogP contribution in [0.3, 0.4) is 0 Å². The van der Waals surface area contributed by atoms with E-state index in [1.54, 1.807) is 0 Å². The molecule has 0 aromatic heterocycles. The highest BCUT2D eigenvalue weighted by Gasteiger charge is 2.14. The van der Waals surface area contributed by atoms with Crippen LogP contribution in [0.4, 0.5) is 0 Å². The Morgan fingerprint density at radius 1 is 1.24 bits per heavy atom. The van der Waals surface area contributed by atoms with Gasteiger partial charge < -0.3 is 20.1 Å². The normalized spacial score (nSPS) is 17.2. The maximum absolute atomic E-state index is 5.70. The summed E-state index contributed by atoms with van der Waals surface area (Å²) in [5.74, 6) is 0.872. The Hall–Kier alpha value is -0.860. The summed E-state index contributed by atoms with van der Waals surface area (Å²) >= 11 is 0. The molecule has 1 atom stereocenters. The molecule has 1 aromatic rings. The Kier molecular flexibility index (Phi) is 12.7. The van der Waals surface area contributed by atoms with Gasteiger partial charge in [0, 0.05) is 26.3 Å². The average Bonchev–Trinajstić information content (AvgIpc) is 3.13. The highest BCUT2D eigenvalue weighted by molar-refractivity contribution is 14.0. The maximum Gasteiger partial charge on any atom is 0.191 e. The van der Waals surface area contributed by atoms with Crippen molar-refractivity contribution in [2.24, 2.45) is 4.99 Å². The van der Waals surface area contributed by atoms with Crippen molar-refractivity contribution in [1.29, 1.82) is 0 Å². The van der Waals surface area contributed by atoms with Crippen molar-refractivity contribution >= 4 is 29.9 Å². The van der Waals surface area contributed by atoms with E-state index in [4.69, 9.17) is 9.47 Å². The van der Waals surface area contributed by atoms with Crippen LogP contribution in [0.15, 0.2) is 35.3 Å². The number of benzene rings is 1. The third-order valence-corrected chi connectivity index (χ3v) is 3.96. The topological polar surface area (TPSA) is 54.9 Å². The van der Waals surface area contributed by atoms with Gasteiger partial charge in [0.15, 0.2) is 5.96 Å². The van der Waals surface area contributed by atoms with E-state index in [-0.39, 0.29) is 24.0 Å². The average molecular weight is 461 g/mol. The Bertz CT molecular complexity index is 465. The van der Waals surface area contributed by atoms with Crippen LogP contribution in [0.1, 0.15) is 31.7 Å². The zero-order chi connectivity index (χ0) is 16.9. The molecule has 0 bridgehead atoms. The van der Waals surface area contributed by atoms with Crippen LogP contribution in [0.2, 0.25) is 0 Å². The molecule has 1 fully saturated rings. The Balaban J connectivity index is 0.00000312. The zero-order valence-electron chi connectivity index (χ0n) is 15.2. The van der Waals surface area contributed by atoms with Gasteiger partial charge >= 0.3 is 0 Å². The first-order chi connectivity index (χ1) is 11.9. The highest BCUT2D eigenvalue weighted by atomic mass is 127. The van der Waals surface area contributed by atoms with Crippen molar-refractivity contribution in [1.82, 2.24) is 10.6 Å². The molecule has 1 unspecified atom stereocenters. The lowest BCUT2D eigenvalue weighted by Crippen LogP contribution is -2.38. The number of guanidine groups is 1. The second-order valence-corrected chi connectivity index (χ2v) is 5.98. The van der Waals surface area contributed by atoms with Crippen molar-refractivity contribution in [3.8, 4) is 0 Å². The molecular formula is C19H32IN3O2. The first-order valence-corrected chi connectivity index (χ1v) is 9.14. The number of hydrogen-bond donors (Lipinski definition) is 2. The van der Waals surface area contributed by atoms with Gasteiger partial charge in [0.2, 0.25) is 0 Å². The van der Waals surface area contributed by atoms with Crippen LogP contribution in [-0.2, 0) is 15.9 Å². The molecule has 1 heterocycles. The van der Waals surface area contributed by atoms with Crippen LogP contribution in [0.25, 0.3) is 0 Å². The van der Waals surface area contributed by atoms with Crippen LogP contribution in [-0.4, -0.2) is 51.5 Å². The molecule has 1 aliphatic heterocycles. The molecule has 5 nitrogen and oxygen atoms in total. The molecule has 0 aliphatic carbocycles. The number of nitrogens with one attached hydrogen (secondary N) is 2. The minimum atomic E-state index is 0. The Morgan fingerprint density at radius 3 is 2.80 bits per heavy atom. The molecule has 1 aromatic carbocycles. The quantitative estimate of drug-likeness (QED) is 0.244. The maximum atomic E-state index is 5.70. The standard InChI is InChI=1S/C19H31N3O2.HI/c1-2-20-19(22-16-18-10-6-14-24-18)21-12-7-13-23-15-11-17-8-4-3-5-9-17;/h3-5,8-9,18H,2,6-7,10-16H2,1H3,(H2,20,21,22);1H. The van der Waals surface area contributed by atoms with E-state index in [0.29, 0.717) is 6.10 Å².